The highest BCUT2D eigenvalue weighted by atomic mass is 35.5. The second-order valence-electron chi connectivity index (χ2n) is 5.02. The fourth-order valence-corrected chi connectivity index (χ4v) is 2.70. The van der Waals surface area contributed by atoms with Gasteiger partial charge in [-0.2, -0.15) is 0 Å². The smallest absolute Gasteiger partial charge is 0.125 e. The number of benzene rings is 2. The summed E-state index contributed by atoms with van der Waals surface area (Å²) in [4.78, 5) is 0. The fraction of sp³-hybridized carbons (Fsp3) is 0.250. The van der Waals surface area contributed by atoms with Gasteiger partial charge in [0.1, 0.15) is 5.82 Å². The van der Waals surface area contributed by atoms with Crippen molar-refractivity contribution in [3.05, 3.63) is 70.5 Å². The van der Waals surface area contributed by atoms with E-state index in [0.29, 0.717) is 23.5 Å². The highest BCUT2D eigenvalue weighted by Gasteiger charge is 2.37. The lowest BCUT2D eigenvalue weighted by Crippen LogP contribution is -2.17. The Morgan fingerprint density at radius 2 is 1.95 bits per heavy atom. The molecular weight excluding hydrogens is 261 g/mol. The van der Waals surface area contributed by atoms with Crippen molar-refractivity contribution in [3.8, 4) is 0 Å². The van der Waals surface area contributed by atoms with Gasteiger partial charge in [-0.25, -0.2) is 4.39 Å². The molecule has 1 fully saturated rings. The molecule has 0 spiro atoms. The summed E-state index contributed by atoms with van der Waals surface area (Å²) in [6.07, 6.45) is 1.15. The Kier molecular flexibility index (Phi) is 3.54. The molecule has 2 aromatic rings. The summed E-state index contributed by atoms with van der Waals surface area (Å²) in [6.45, 7) is 0.658. The van der Waals surface area contributed by atoms with Crippen molar-refractivity contribution in [2.45, 2.75) is 24.9 Å². The normalized spacial score (nSPS) is 21.4. The average molecular weight is 276 g/mol. The highest BCUT2D eigenvalue weighted by Crippen LogP contribution is 2.40. The van der Waals surface area contributed by atoms with Gasteiger partial charge in [0.25, 0.3) is 0 Å². The van der Waals surface area contributed by atoms with E-state index in [-0.39, 0.29) is 5.82 Å². The Labute approximate surface area is 117 Å². The van der Waals surface area contributed by atoms with Gasteiger partial charge in [-0.1, -0.05) is 41.9 Å². The maximum atomic E-state index is 13.2. The van der Waals surface area contributed by atoms with E-state index in [4.69, 9.17) is 11.6 Å². The standard InChI is InChI=1S/C16H15ClFN/c17-13-6-11(7-14(18)8-13)10-19-16-9-15(16)12-4-2-1-3-5-12/h1-8,15-16,19H,9-10H2. The predicted octanol–water partition coefficient (Wildman–Crippen LogP) is 4.12. The highest BCUT2D eigenvalue weighted by molar-refractivity contribution is 6.30. The molecule has 1 N–H and O–H groups in total. The monoisotopic (exact) mass is 275 g/mol. The first-order valence-electron chi connectivity index (χ1n) is 6.45. The van der Waals surface area contributed by atoms with Crippen LogP contribution in [0.25, 0.3) is 0 Å². The predicted molar refractivity (Wildman–Crippen MR) is 75.8 cm³/mol. The van der Waals surface area contributed by atoms with Crippen LogP contribution in [0.3, 0.4) is 0 Å². The van der Waals surface area contributed by atoms with E-state index in [2.05, 4.69) is 29.6 Å². The summed E-state index contributed by atoms with van der Waals surface area (Å²) in [5.74, 6) is 0.310. The molecule has 0 saturated heterocycles. The van der Waals surface area contributed by atoms with Crippen molar-refractivity contribution in [3.63, 3.8) is 0 Å². The molecule has 1 aliphatic carbocycles. The second kappa shape index (κ2) is 5.32. The van der Waals surface area contributed by atoms with E-state index in [1.165, 1.54) is 17.7 Å². The van der Waals surface area contributed by atoms with Gasteiger partial charge in [0, 0.05) is 23.5 Å². The Morgan fingerprint density at radius 3 is 2.68 bits per heavy atom. The second-order valence-corrected chi connectivity index (χ2v) is 5.45. The van der Waals surface area contributed by atoms with Gasteiger partial charge in [0.05, 0.1) is 0 Å². The largest absolute Gasteiger partial charge is 0.309 e. The number of rotatable bonds is 4. The van der Waals surface area contributed by atoms with Crippen LogP contribution in [0.15, 0.2) is 48.5 Å². The molecule has 1 saturated carbocycles. The quantitative estimate of drug-likeness (QED) is 0.885. The van der Waals surface area contributed by atoms with E-state index in [0.717, 1.165) is 12.0 Å². The zero-order valence-corrected chi connectivity index (χ0v) is 11.2. The zero-order chi connectivity index (χ0) is 13.2. The van der Waals surface area contributed by atoms with Gasteiger partial charge in [-0.3, -0.25) is 0 Å². The first kappa shape index (κ1) is 12.6. The molecule has 0 amide bonds. The summed E-state index contributed by atoms with van der Waals surface area (Å²) in [5, 5.41) is 3.90. The summed E-state index contributed by atoms with van der Waals surface area (Å²) >= 11 is 5.84. The molecule has 1 nitrogen and oxygen atoms in total. The van der Waals surface area contributed by atoms with Gasteiger partial charge in [-0.05, 0) is 35.7 Å². The Balaban J connectivity index is 1.57. The minimum Gasteiger partial charge on any atom is -0.309 e. The van der Waals surface area contributed by atoms with Crippen LogP contribution < -0.4 is 5.32 Å². The van der Waals surface area contributed by atoms with Gasteiger partial charge >= 0.3 is 0 Å². The molecule has 98 valence electrons. The van der Waals surface area contributed by atoms with Crippen molar-refractivity contribution in [1.29, 1.82) is 0 Å². The van der Waals surface area contributed by atoms with Crippen LogP contribution in [0.1, 0.15) is 23.5 Å². The van der Waals surface area contributed by atoms with Crippen molar-refractivity contribution in [2.24, 2.45) is 0 Å². The molecule has 2 aromatic carbocycles. The lowest BCUT2D eigenvalue weighted by atomic mass is 10.1. The third kappa shape index (κ3) is 3.14. The Hall–Kier alpha value is -1.38. The molecule has 3 heteroatoms. The lowest BCUT2D eigenvalue weighted by molar-refractivity contribution is 0.618. The maximum Gasteiger partial charge on any atom is 0.125 e. The first-order chi connectivity index (χ1) is 9.22. The van der Waals surface area contributed by atoms with E-state index < -0.39 is 0 Å². The molecule has 1 aliphatic rings. The molecule has 2 atom stereocenters. The molecule has 0 aliphatic heterocycles. The van der Waals surface area contributed by atoms with Crippen molar-refractivity contribution < 1.29 is 4.39 Å². The topological polar surface area (TPSA) is 12.0 Å². The lowest BCUT2D eigenvalue weighted by Gasteiger charge is -2.05. The van der Waals surface area contributed by atoms with Gasteiger partial charge in [0.15, 0.2) is 0 Å². The van der Waals surface area contributed by atoms with Gasteiger partial charge < -0.3 is 5.32 Å². The average Bonchev–Trinajstić information content (AvgIpc) is 3.16. The summed E-state index contributed by atoms with van der Waals surface area (Å²) in [6, 6.07) is 15.6. The van der Waals surface area contributed by atoms with Crippen LogP contribution in [-0.2, 0) is 6.54 Å². The number of nitrogens with one attached hydrogen (secondary N) is 1. The number of hydrogen-bond acceptors (Lipinski definition) is 1. The fourth-order valence-electron chi connectivity index (χ4n) is 2.45. The van der Waals surface area contributed by atoms with E-state index in [1.54, 1.807) is 6.07 Å². The molecule has 0 heterocycles. The number of hydrogen-bond donors (Lipinski definition) is 1. The van der Waals surface area contributed by atoms with Crippen LogP contribution in [0, 0.1) is 5.82 Å². The molecule has 0 bridgehead atoms. The molecule has 3 rings (SSSR count). The minimum atomic E-state index is -0.278. The van der Waals surface area contributed by atoms with Crippen molar-refractivity contribution >= 4 is 11.6 Å². The van der Waals surface area contributed by atoms with E-state index >= 15 is 0 Å². The first-order valence-corrected chi connectivity index (χ1v) is 6.83. The van der Waals surface area contributed by atoms with Crippen molar-refractivity contribution in [2.75, 3.05) is 0 Å². The molecule has 2 unspecified atom stereocenters. The molecule has 0 radical (unpaired) electrons. The van der Waals surface area contributed by atoms with E-state index in [1.807, 2.05) is 6.07 Å². The van der Waals surface area contributed by atoms with Crippen LogP contribution >= 0.6 is 11.6 Å². The maximum absolute atomic E-state index is 13.2. The summed E-state index contributed by atoms with van der Waals surface area (Å²) < 4.78 is 13.2. The molecular formula is C16H15ClFN. The SMILES string of the molecule is Fc1cc(Cl)cc(CNC2CC2c2ccccc2)c1. The third-order valence-corrected chi connectivity index (χ3v) is 3.73. The van der Waals surface area contributed by atoms with E-state index in [9.17, 15) is 4.39 Å². The third-order valence-electron chi connectivity index (χ3n) is 3.51. The Morgan fingerprint density at radius 1 is 1.16 bits per heavy atom. The number of halogens is 2. The van der Waals surface area contributed by atoms with Crippen LogP contribution in [0.5, 0.6) is 0 Å². The van der Waals surface area contributed by atoms with Gasteiger partial charge in [0.2, 0.25) is 0 Å². The van der Waals surface area contributed by atoms with Crippen LogP contribution in [0.2, 0.25) is 5.02 Å². The van der Waals surface area contributed by atoms with Crippen LogP contribution in [0.4, 0.5) is 4.39 Å². The molecule has 0 aromatic heterocycles. The summed E-state index contributed by atoms with van der Waals surface area (Å²) in [7, 11) is 0. The zero-order valence-electron chi connectivity index (χ0n) is 10.4. The van der Waals surface area contributed by atoms with Crippen LogP contribution in [-0.4, -0.2) is 6.04 Å². The summed E-state index contributed by atoms with van der Waals surface area (Å²) in [5.41, 5.74) is 2.26. The Bertz CT molecular complexity index is 550. The molecule has 19 heavy (non-hydrogen) atoms. The van der Waals surface area contributed by atoms with Crippen molar-refractivity contribution in [1.82, 2.24) is 5.32 Å². The minimum absolute atomic E-state index is 0.278. The van der Waals surface area contributed by atoms with Gasteiger partial charge in [-0.15, -0.1) is 0 Å².